The molecule has 0 atom stereocenters. The van der Waals surface area contributed by atoms with Gasteiger partial charge in [-0.15, -0.1) is 0 Å². The highest BCUT2D eigenvalue weighted by molar-refractivity contribution is 5.72. The van der Waals surface area contributed by atoms with Crippen molar-refractivity contribution >= 4 is 11.9 Å². The zero-order valence-electron chi connectivity index (χ0n) is 12.5. The van der Waals surface area contributed by atoms with E-state index in [2.05, 4.69) is 9.97 Å². The molecule has 0 fully saturated rings. The Kier molecular flexibility index (Phi) is 5.71. The van der Waals surface area contributed by atoms with E-state index >= 15 is 0 Å². The molecule has 0 unspecified atom stereocenters. The van der Waals surface area contributed by atoms with E-state index in [1.54, 1.807) is 17.2 Å². The Hall–Kier alpha value is -2.63. The third kappa shape index (κ3) is 4.73. The van der Waals surface area contributed by atoms with Crippen molar-refractivity contribution < 1.29 is 14.6 Å². The molecule has 0 saturated heterocycles. The molecular weight excluding hydrogens is 282 g/mol. The minimum atomic E-state index is -0.910. The number of hydrogen-bond donors (Lipinski definition) is 1. The monoisotopic (exact) mass is 301 g/mol. The van der Waals surface area contributed by atoms with E-state index < -0.39 is 5.97 Å². The Morgan fingerprint density at radius 1 is 1.27 bits per heavy atom. The van der Waals surface area contributed by atoms with Crippen molar-refractivity contribution in [2.24, 2.45) is 0 Å². The summed E-state index contributed by atoms with van der Waals surface area (Å²) in [6.07, 6.45) is 2.39. The van der Waals surface area contributed by atoms with Gasteiger partial charge in [0.2, 0.25) is 11.8 Å². The highest BCUT2D eigenvalue weighted by Gasteiger charge is 2.13. The number of carbonyl (C=O) groups is 1. The van der Waals surface area contributed by atoms with Crippen LogP contribution in [0.4, 0.5) is 5.95 Å². The van der Waals surface area contributed by atoms with Crippen LogP contribution >= 0.6 is 0 Å². The Morgan fingerprint density at radius 3 is 2.73 bits per heavy atom. The van der Waals surface area contributed by atoms with Crippen LogP contribution in [0, 0.1) is 0 Å². The van der Waals surface area contributed by atoms with Crippen LogP contribution in [-0.2, 0) is 11.4 Å². The second kappa shape index (κ2) is 7.97. The summed E-state index contributed by atoms with van der Waals surface area (Å²) in [5.41, 5.74) is 1.04. The van der Waals surface area contributed by atoms with Gasteiger partial charge in [0.05, 0.1) is 0 Å². The van der Waals surface area contributed by atoms with Gasteiger partial charge in [-0.05, 0) is 12.0 Å². The summed E-state index contributed by atoms with van der Waals surface area (Å²) in [4.78, 5) is 21.0. The van der Waals surface area contributed by atoms with Crippen molar-refractivity contribution in [3.8, 4) is 5.88 Å². The normalized spacial score (nSPS) is 10.2. The fourth-order valence-corrected chi connectivity index (χ4v) is 1.98. The molecule has 0 aliphatic rings. The predicted molar refractivity (Wildman–Crippen MR) is 82.9 cm³/mol. The first kappa shape index (κ1) is 15.8. The third-order valence-electron chi connectivity index (χ3n) is 2.95. The van der Waals surface area contributed by atoms with E-state index in [9.17, 15) is 4.79 Å². The van der Waals surface area contributed by atoms with Crippen LogP contribution in [0.2, 0.25) is 0 Å². The summed E-state index contributed by atoms with van der Waals surface area (Å²) in [5.74, 6) is -0.109. The van der Waals surface area contributed by atoms with E-state index in [4.69, 9.17) is 9.84 Å². The summed E-state index contributed by atoms with van der Waals surface area (Å²) in [7, 11) is 0. The molecule has 0 bridgehead atoms. The third-order valence-corrected chi connectivity index (χ3v) is 2.95. The summed E-state index contributed by atoms with van der Waals surface area (Å²) < 4.78 is 5.64. The standard InChI is InChI=1S/C16H19N3O3/c1-2-10-19(11-15(20)21)16-17-9-8-14(18-16)22-12-13-6-4-3-5-7-13/h3-9H,2,10-12H2,1H3,(H,20,21). The van der Waals surface area contributed by atoms with Gasteiger partial charge in [0.15, 0.2) is 0 Å². The summed E-state index contributed by atoms with van der Waals surface area (Å²) in [6, 6.07) is 11.4. The number of carboxylic acids is 1. The average Bonchev–Trinajstić information content (AvgIpc) is 2.53. The molecule has 0 radical (unpaired) electrons. The van der Waals surface area contributed by atoms with Crippen LogP contribution in [0.3, 0.4) is 0 Å². The van der Waals surface area contributed by atoms with Gasteiger partial charge >= 0.3 is 5.97 Å². The lowest BCUT2D eigenvalue weighted by Gasteiger charge is -2.19. The van der Waals surface area contributed by atoms with E-state index in [1.165, 1.54) is 0 Å². The molecule has 0 aliphatic carbocycles. The van der Waals surface area contributed by atoms with Crippen LogP contribution in [0.5, 0.6) is 5.88 Å². The van der Waals surface area contributed by atoms with Gasteiger partial charge in [-0.25, -0.2) is 4.98 Å². The number of hydrogen-bond acceptors (Lipinski definition) is 5. The lowest BCUT2D eigenvalue weighted by atomic mass is 10.2. The van der Waals surface area contributed by atoms with E-state index in [0.717, 1.165) is 12.0 Å². The second-order valence-electron chi connectivity index (χ2n) is 4.78. The lowest BCUT2D eigenvalue weighted by molar-refractivity contribution is -0.135. The maximum atomic E-state index is 10.9. The topological polar surface area (TPSA) is 75.6 Å². The van der Waals surface area contributed by atoms with E-state index in [1.807, 2.05) is 37.3 Å². The van der Waals surface area contributed by atoms with Crippen LogP contribution in [0.25, 0.3) is 0 Å². The number of ether oxygens (including phenoxy) is 1. The number of nitrogens with zero attached hydrogens (tertiary/aromatic N) is 3. The van der Waals surface area contributed by atoms with E-state index in [-0.39, 0.29) is 6.54 Å². The van der Waals surface area contributed by atoms with Gasteiger partial charge in [0, 0.05) is 18.8 Å². The van der Waals surface area contributed by atoms with Crippen molar-refractivity contribution in [1.82, 2.24) is 9.97 Å². The van der Waals surface area contributed by atoms with Crippen molar-refractivity contribution in [2.45, 2.75) is 20.0 Å². The molecule has 2 rings (SSSR count). The van der Waals surface area contributed by atoms with Crippen molar-refractivity contribution in [2.75, 3.05) is 18.0 Å². The molecule has 1 aromatic carbocycles. The van der Waals surface area contributed by atoms with Gasteiger partial charge in [-0.2, -0.15) is 4.98 Å². The first-order valence-electron chi connectivity index (χ1n) is 7.15. The molecular formula is C16H19N3O3. The minimum absolute atomic E-state index is 0.129. The molecule has 0 aliphatic heterocycles. The summed E-state index contributed by atoms with van der Waals surface area (Å²) in [5, 5.41) is 8.96. The quantitative estimate of drug-likeness (QED) is 0.806. The largest absolute Gasteiger partial charge is 0.480 e. The maximum Gasteiger partial charge on any atom is 0.323 e. The molecule has 0 saturated carbocycles. The highest BCUT2D eigenvalue weighted by atomic mass is 16.5. The van der Waals surface area contributed by atoms with Gasteiger partial charge in [-0.1, -0.05) is 37.3 Å². The lowest BCUT2D eigenvalue weighted by Crippen LogP contribution is -2.31. The Labute approximate surface area is 129 Å². The molecule has 1 N–H and O–H groups in total. The number of anilines is 1. The van der Waals surface area contributed by atoms with E-state index in [0.29, 0.717) is 25.0 Å². The molecule has 1 aromatic heterocycles. The number of rotatable bonds is 8. The average molecular weight is 301 g/mol. The Morgan fingerprint density at radius 2 is 2.05 bits per heavy atom. The van der Waals surface area contributed by atoms with Crippen LogP contribution in [0.1, 0.15) is 18.9 Å². The first-order chi connectivity index (χ1) is 10.7. The van der Waals surface area contributed by atoms with Crippen molar-refractivity contribution in [3.05, 3.63) is 48.2 Å². The molecule has 6 nitrogen and oxygen atoms in total. The van der Waals surface area contributed by atoms with Gasteiger partial charge in [0.1, 0.15) is 13.2 Å². The number of aromatic nitrogens is 2. The highest BCUT2D eigenvalue weighted by Crippen LogP contribution is 2.14. The number of aliphatic carboxylic acids is 1. The van der Waals surface area contributed by atoms with Gasteiger partial charge in [-0.3, -0.25) is 4.79 Å². The van der Waals surface area contributed by atoms with Crippen LogP contribution < -0.4 is 9.64 Å². The Balaban J connectivity index is 2.06. The van der Waals surface area contributed by atoms with Gasteiger partial charge in [0.25, 0.3) is 0 Å². The molecule has 0 spiro atoms. The fraction of sp³-hybridized carbons (Fsp3) is 0.312. The first-order valence-corrected chi connectivity index (χ1v) is 7.15. The zero-order chi connectivity index (χ0) is 15.8. The molecule has 6 heteroatoms. The minimum Gasteiger partial charge on any atom is -0.480 e. The molecule has 0 amide bonds. The molecule has 2 aromatic rings. The summed E-state index contributed by atoms with van der Waals surface area (Å²) in [6.45, 7) is 2.83. The van der Waals surface area contributed by atoms with Crippen LogP contribution in [0.15, 0.2) is 42.6 Å². The molecule has 22 heavy (non-hydrogen) atoms. The SMILES string of the molecule is CCCN(CC(=O)O)c1nccc(OCc2ccccc2)n1. The number of benzene rings is 1. The van der Waals surface area contributed by atoms with Crippen LogP contribution in [-0.4, -0.2) is 34.1 Å². The smallest absolute Gasteiger partial charge is 0.323 e. The summed E-state index contributed by atoms with van der Waals surface area (Å²) >= 11 is 0. The Bertz CT molecular complexity index is 605. The number of carboxylic acid groups (broad SMARTS) is 1. The van der Waals surface area contributed by atoms with Gasteiger partial charge < -0.3 is 14.7 Å². The second-order valence-corrected chi connectivity index (χ2v) is 4.78. The fourth-order valence-electron chi connectivity index (χ4n) is 1.98. The molecule has 1 heterocycles. The zero-order valence-corrected chi connectivity index (χ0v) is 12.5. The van der Waals surface area contributed by atoms with Crippen molar-refractivity contribution in [1.29, 1.82) is 0 Å². The maximum absolute atomic E-state index is 10.9. The molecule has 116 valence electrons. The van der Waals surface area contributed by atoms with Crippen molar-refractivity contribution in [3.63, 3.8) is 0 Å². The predicted octanol–water partition coefficient (Wildman–Crippen LogP) is 2.36.